The van der Waals surface area contributed by atoms with Crippen LogP contribution in [-0.4, -0.2) is 63.8 Å². The standard InChI is InChI=1S/C14H23N3O4S/c1-10-13(22(19,20)16(3)4)8-12(21-10)14(18)17-7-5-6-11(17)9-15-2/h8,11,15H,5-7,9H2,1-4H3. The Hall–Kier alpha value is -1.38. The Labute approximate surface area is 131 Å². The van der Waals surface area contributed by atoms with Crippen LogP contribution >= 0.6 is 0 Å². The maximum absolute atomic E-state index is 12.6. The lowest BCUT2D eigenvalue weighted by Gasteiger charge is -2.23. The summed E-state index contributed by atoms with van der Waals surface area (Å²) in [6.45, 7) is 2.94. The van der Waals surface area contributed by atoms with E-state index in [-0.39, 0.29) is 28.4 Å². The van der Waals surface area contributed by atoms with Crippen molar-refractivity contribution in [3.8, 4) is 0 Å². The molecule has 0 aromatic carbocycles. The SMILES string of the molecule is CNCC1CCCN1C(=O)c1cc(S(=O)(=O)N(C)C)c(C)o1. The van der Waals surface area contributed by atoms with E-state index >= 15 is 0 Å². The largest absolute Gasteiger partial charge is 0.455 e. The van der Waals surface area contributed by atoms with Crippen LogP contribution in [0.3, 0.4) is 0 Å². The maximum Gasteiger partial charge on any atom is 0.289 e. The van der Waals surface area contributed by atoms with Crippen LogP contribution in [0.15, 0.2) is 15.4 Å². The van der Waals surface area contributed by atoms with Gasteiger partial charge >= 0.3 is 0 Å². The van der Waals surface area contributed by atoms with Crippen molar-refractivity contribution in [2.24, 2.45) is 0 Å². The monoisotopic (exact) mass is 329 g/mol. The van der Waals surface area contributed by atoms with E-state index in [0.29, 0.717) is 13.1 Å². The van der Waals surface area contributed by atoms with Gasteiger partial charge < -0.3 is 14.6 Å². The van der Waals surface area contributed by atoms with E-state index in [2.05, 4.69) is 5.32 Å². The van der Waals surface area contributed by atoms with Gasteiger partial charge in [0.25, 0.3) is 5.91 Å². The fourth-order valence-electron chi connectivity index (χ4n) is 2.72. The third-order valence-corrected chi connectivity index (χ3v) is 5.84. The summed E-state index contributed by atoms with van der Waals surface area (Å²) in [6, 6.07) is 1.46. The number of nitrogens with zero attached hydrogens (tertiary/aromatic N) is 2. The molecule has 1 aromatic rings. The van der Waals surface area contributed by atoms with Crippen molar-refractivity contribution in [1.29, 1.82) is 0 Å². The topological polar surface area (TPSA) is 82.9 Å². The van der Waals surface area contributed by atoms with Crippen molar-refractivity contribution >= 4 is 15.9 Å². The summed E-state index contributed by atoms with van der Waals surface area (Å²) in [4.78, 5) is 14.4. The Bertz CT molecular complexity index is 651. The van der Waals surface area contributed by atoms with Gasteiger partial charge in [0.2, 0.25) is 10.0 Å². The molecule has 7 nitrogen and oxygen atoms in total. The van der Waals surface area contributed by atoms with Crippen LogP contribution in [-0.2, 0) is 10.0 Å². The lowest BCUT2D eigenvalue weighted by Crippen LogP contribution is -2.40. The third kappa shape index (κ3) is 3.04. The van der Waals surface area contributed by atoms with Crippen LogP contribution in [0.5, 0.6) is 0 Å². The van der Waals surface area contributed by atoms with Crippen molar-refractivity contribution < 1.29 is 17.6 Å². The van der Waals surface area contributed by atoms with Crippen LogP contribution in [0, 0.1) is 6.92 Å². The second kappa shape index (κ2) is 6.39. The van der Waals surface area contributed by atoms with Gasteiger partial charge in [-0.2, -0.15) is 0 Å². The molecule has 1 saturated heterocycles. The molecule has 22 heavy (non-hydrogen) atoms. The normalized spacial score (nSPS) is 19.1. The van der Waals surface area contributed by atoms with Gasteiger partial charge in [0.05, 0.1) is 0 Å². The van der Waals surface area contributed by atoms with Gasteiger partial charge in [-0.1, -0.05) is 0 Å². The molecule has 2 rings (SSSR count). The van der Waals surface area contributed by atoms with Gasteiger partial charge in [-0.15, -0.1) is 0 Å². The fraction of sp³-hybridized carbons (Fsp3) is 0.643. The first kappa shape index (κ1) is 17.0. The molecule has 1 unspecified atom stereocenters. The van der Waals surface area contributed by atoms with Gasteiger partial charge in [-0.05, 0) is 26.8 Å². The first-order valence-corrected chi connectivity index (χ1v) is 8.71. The molecule has 1 N–H and O–H groups in total. The number of likely N-dealkylation sites (N-methyl/N-ethyl adjacent to an activating group) is 1. The number of aryl methyl sites for hydroxylation is 1. The molecule has 0 radical (unpaired) electrons. The van der Waals surface area contributed by atoms with Crippen LogP contribution in [0.1, 0.15) is 29.2 Å². The average molecular weight is 329 g/mol. The number of likely N-dealkylation sites (tertiary alicyclic amines) is 1. The molecule has 8 heteroatoms. The van der Waals surface area contributed by atoms with Crippen molar-refractivity contribution in [1.82, 2.24) is 14.5 Å². The number of rotatable bonds is 5. The average Bonchev–Trinajstić information content (AvgIpc) is 3.05. The van der Waals surface area contributed by atoms with Crippen LogP contribution in [0.2, 0.25) is 0 Å². The molecule has 1 aliphatic rings. The molecule has 0 spiro atoms. The highest BCUT2D eigenvalue weighted by molar-refractivity contribution is 7.89. The predicted molar refractivity (Wildman–Crippen MR) is 82.3 cm³/mol. The Morgan fingerprint density at radius 2 is 2.18 bits per heavy atom. The molecule has 2 heterocycles. The molecule has 124 valence electrons. The van der Waals surface area contributed by atoms with Crippen molar-refractivity contribution in [2.45, 2.75) is 30.7 Å². The summed E-state index contributed by atoms with van der Waals surface area (Å²) in [5.74, 6) is 0.0726. The minimum absolute atomic E-state index is 0.0465. The quantitative estimate of drug-likeness (QED) is 0.858. The zero-order valence-corrected chi connectivity index (χ0v) is 14.2. The number of sulfonamides is 1. The maximum atomic E-state index is 12.6. The highest BCUT2D eigenvalue weighted by Crippen LogP contribution is 2.26. The van der Waals surface area contributed by atoms with E-state index in [1.54, 1.807) is 11.8 Å². The summed E-state index contributed by atoms with van der Waals surface area (Å²) in [5.41, 5.74) is 0. The zero-order valence-electron chi connectivity index (χ0n) is 13.4. The smallest absolute Gasteiger partial charge is 0.289 e. The predicted octanol–water partition coefficient (Wildman–Crippen LogP) is 0.662. The van der Waals surface area contributed by atoms with Crippen LogP contribution in [0.4, 0.5) is 0 Å². The van der Waals surface area contributed by atoms with E-state index in [1.807, 2.05) is 7.05 Å². The van der Waals surface area contributed by atoms with E-state index in [0.717, 1.165) is 17.1 Å². The second-order valence-corrected chi connectivity index (χ2v) is 7.79. The highest BCUT2D eigenvalue weighted by Gasteiger charge is 2.32. The molecule has 1 aliphatic heterocycles. The van der Waals surface area contributed by atoms with E-state index in [4.69, 9.17) is 4.42 Å². The summed E-state index contributed by atoms with van der Waals surface area (Å²) < 4.78 is 31.0. The zero-order chi connectivity index (χ0) is 16.5. The number of carbonyl (C=O) groups is 1. The first-order chi connectivity index (χ1) is 10.3. The van der Waals surface area contributed by atoms with E-state index < -0.39 is 10.0 Å². The van der Waals surface area contributed by atoms with Crippen LogP contribution < -0.4 is 5.32 Å². The molecule has 1 amide bonds. The summed E-state index contributed by atoms with van der Waals surface area (Å²) in [7, 11) is 1.14. The summed E-state index contributed by atoms with van der Waals surface area (Å²) in [6.07, 6.45) is 1.88. The fourth-order valence-corrected chi connectivity index (χ4v) is 3.77. The minimum atomic E-state index is -3.61. The Morgan fingerprint density at radius 1 is 1.50 bits per heavy atom. The highest BCUT2D eigenvalue weighted by atomic mass is 32.2. The Morgan fingerprint density at radius 3 is 2.77 bits per heavy atom. The van der Waals surface area contributed by atoms with Gasteiger partial charge in [-0.3, -0.25) is 4.79 Å². The number of amides is 1. The number of hydrogen-bond acceptors (Lipinski definition) is 5. The number of carbonyl (C=O) groups excluding carboxylic acids is 1. The van der Waals surface area contributed by atoms with Gasteiger partial charge in [0.15, 0.2) is 5.76 Å². The molecular weight excluding hydrogens is 306 g/mol. The van der Waals surface area contributed by atoms with E-state index in [9.17, 15) is 13.2 Å². The molecule has 1 aromatic heterocycles. The van der Waals surface area contributed by atoms with Crippen LogP contribution in [0.25, 0.3) is 0 Å². The molecule has 0 saturated carbocycles. The van der Waals surface area contributed by atoms with Crippen molar-refractivity contribution in [3.63, 3.8) is 0 Å². The molecule has 0 aliphatic carbocycles. The number of nitrogens with one attached hydrogen (secondary N) is 1. The van der Waals surface area contributed by atoms with Crippen molar-refractivity contribution in [2.75, 3.05) is 34.2 Å². The number of hydrogen-bond donors (Lipinski definition) is 1. The lowest BCUT2D eigenvalue weighted by atomic mass is 10.2. The summed E-state index contributed by atoms with van der Waals surface area (Å²) in [5, 5.41) is 3.07. The second-order valence-electron chi connectivity index (χ2n) is 5.67. The van der Waals surface area contributed by atoms with Gasteiger partial charge in [0.1, 0.15) is 10.7 Å². The summed E-state index contributed by atoms with van der Waals surface area (Å²) >= 11 is 0. The van der Waals surface area contributed by atoms with Gasteiger partial charge in [0, 0.05) is 39.3 Å². The molecule has 1 atom stereocenters. The molecule has 0 bridgehead atoms. The number of furan rings is 1. The Balaban J connectivity index is 2.29. The lowest BCUT2D eigenvalue weighted by molar-refractivity contribution is 0.0703. The molecular formula is C14H23N3O4S. The Kier molecular flexibility index (Phi) is 4.93. The van der Waals surface area contributed by atoms with Crippen molar-refractivity contribution in [3.05, 3.63) is 17.6 Å². The molecule has 1 fully saturated rings. The third-order valence-electron chi connectivity index (χ3n) is 3.92. The minimum Gasteiger partial charge on any atom is -0.455 e. The van der Waals surface area contributed by atoms with E-state index in [1.165, 1.54) is 20.2 Å². The van der Waals surface area contributed by atoms with Gasteiger partial charge in [-0.25, -0.2) is 12.7 Å². The first-order valence-electron chi connectivity index (χ1n) is 7.27.